The van der Waals surface area contributed by atoms with E-state index in [0.717, 1.165) is 0 Å². The first-order valence-corrected chi connectivity index (χ1v) is 9.94. The van der Waals surface area contributed by atoms with Crippen LogP contribution in [0.15, 0.2) is 48.5 Å². The number of benzene rings is 2. The number of carbonyl (C=O) groups excluding carboxylic acids is 1. The molecule has 2 amide bonds. The second-order valence-electron chi connectivity index (χ2n) is 6.41. The second kappa shape index (κ2) is 5.98. The number of fused-ring (bicyclic) bond motifs is 1. The van der Waals surface area contributed by atoms with Gasteiger partial charge in [-0.25, -0.2) is 17.6 Å². The zero-order valence-corrected chi connectivity index (χ0v) is 14.8. The number of ether oxygens (including phenoxy) is 1. The molecule has 4 rings (SSSR count). The van der Waals surface area contributed by atoms with Crippen LogP contribution in [0, 0.1) is 5.82 Å². The number of hydrogen-bond donors (Lipinski definition) is 0. The van der Waals surface area contributed by atoms with Crippen molar-refractivity contribution < 1.29 is 22.3 Å². The van der Waals surface area contributed by atoms with Crippen LogP contribution >= 0.6 is 0 Å². The van der Waals surface area contributed by atoms with E-state index in [1.807, 2.05) is 0 Å². The molecule has 0 radical (unpaired) electrons. The number of sulfone groups is 1. The van der Waals surface area contributed by atoms with Crippen LogP contribution in [0.3, 0.4) is 0 Å². The molecule has 2 aromatic carbocycles. The Morgan fingerprint density at radius 3 is 1.85 bits per heavy atom. The lowest BCUT2D eigenvalue weighted by Gasteiger charge is -2.22. The quantitative estimate of drug-likeness (QED) is 0.772. The number of amides is 2. The third kappa shape index (κ3) is 2.70. The van der Waals surface area contributed by atoms with E-state index in [9.17, 15) is 17.6 Å². The summed E-state index contributed by atoms with van der Waals surface area (Å²) < 4.78 is 42.8. The van der Waals surface area contributed by atoms with Crippen LogP contribution in [0.5, 0.6) is 5.75 Å². The van der Waals surface area contributed by atoms with Crippen molar-refractivity contribution >= 4 is 27.2 Å². The Morgan fingerprint density at radius 1 is 0.923 bits per heavy atom. The first-order valence-electron chi connectivity index (χ1n) is 8.12. The van der Waals surface area contributed by atoms with Crippen LogP contribution in [0.25, 0.3) is 0 Å². The van der Waals surface area contributed by atoms with Gasteiger partial charge in [0, 0.05) is 11.4 Å². The number of halogens is 1. The highest BCUT2D eigenvalue weighted by molar-refractivity contribution is 7.91. The lowest BCUT2D eigenvalue weighted by atomic mass is 10.1. The Morgan fingerprint density at radius 2 is 1.38 bits per heavy atom. The fourth-order valence-electron chi connectivity index (χ4n) is 3.65. The average Bonchev–Trinajstić information content (AvgIpc) is 3.05. The molecular weight excluding hydrogens is 359 g/mol. The van der Waals surface area contributed by atoms with Crippen LogP contribution in [-0.4, -0.2) is 45.1 Å². The molecule has 2 atom stereocenters. The Bertz CT molecular complexity index is 944. The molecule has 0 N–H and O–H groups in total. The van der Waals surface area contributed by atoms with E-state index in [1.54, 1.807) is 31.4 Å². The molecule has 8 heteroatoms. The van der Waals surface area contributed by atoms with Crippen molar-refractivity contribution in [3.05, 3.63) is 54.3 Å². The summed E-state index contributed by atoms with van der Waals surface area (Å²) in [6.45, 7) is 0. The van der Waals surface area contributed by atoms with E-state index in [0.29, 0.717) is 17.1 Å². The smallest absolute Gasteiger partial charge is 0.329 e. The Labute approximate surface area is 150 Å². The summed E-state index contributed by atoms with van der Waals surface area (Å²) in [6.07, 6.45) is 0. The summed E-state index contributed by atoms with van der Waals surface area (Å²) in [5, 5.41) is 0. The van der Waals surface area contributed by atoms with Crippen molar-refractivity contribution in [1.82, 2.24) is 0 Å². The molecule has 0 aliphatic carbocycles. The first kappa shape index (κ1) is 16.8. The predicted octanol–water partition coefficient (Wildman–Crippen LogP) is 2.45. The van der Waals surface area contributed by atoms with Crippen LogP contribution in [-0.2, 0) is 9.84 Å². The molecule has 6 nitrogen and oxygen atoms in total. The molecule has 0 unspecified atom stereocenters. The molecule has 2 aliphatic rings. The maximum absolute atomic E-state index is 13.3. The van der Waals surface area contributed by atoms with E-state index < -0.39 is 27.7 Å². The normalized spacial score (nSPS) is 24.0. The zero-order chi connectivity index (χ0) is 18.5. The maximum Gasteiger partial charge on any atom is 0.329 e. The Hall–Kier alpha value is -2.61. The van der Waals surface area contributed by atoms with Crippen LogP contribution in [0.1, 0.15) is 0 Å². The number of rotatable bonds is 3. The minimum Gasteiger partial charge on any atom is -0.497 e. The SMILES string of the molecule is COc1ccc(N2C(=O)N(c3ccc(F)cc3)[C@@H]3CS(=O)(=O)C[C@H]32)cc1. The summed E-state index contributed by atoms with van der Waals surface area (Å²) in [6, 6.07) is 11.1. The summed E-state index contributed by atoms with van der Waals surface area (Å²) in [5.74, 6) is 0.0370. The number of anilines is 2. The molecule has 0 spiro atoms. The fourth-order valence-corrected chi connectivity index (χ4v) is 5.57. The van der Waals surface area contributed by atoms with Crippen molar-refractivity contribution in [2.75, 3.05) is 28.4 Å². The van der Waals surface area contributed by atoms with Gasteiger partial charge in [0.1, 0.15) is 11.6 Å². The molecular formula is C18H17FN2O4S. The van der Waals surface area contributed by atoms with Gasteiger partial charge >= 0.3 is 6.03 Å². The van der Waals surface area contributed by atoms with Crippen molar-refractivity contribution in [2.45, 2.75) is 12.1 Å². The van der Waals surface area contributed by atoms with Crippen LogP contribution in [0.2, 0.25) is 0 Å². The van der Waals surface area contributed by atoms with Crippen molar-refractivity contribution in [1.29, 1.82) is 0 Å². The lowest BCUT2D eigenvalue weighted by Crippen LogP contribution is -2.37. The van der Waals surface area contributed by atoms with E-state index >= 15 is 0 Å². The highest BCUT2D eigenvalue weighted by atomic mass is 32.2. The summed E-state index contributed by atoms with van der Waals surface area (Å²) in [7, 11) is -1.72. The van der Waals surface area contributed by atoms with Gasteiger partial charge in [-0.2, -0.15) is 0 Å². The average molecular weight is 376 g/mol. The highest BCUT2D eigenvalue weighted by Crippen LogP contribution is 2.38. The standard InChI is InChI=1S/C18H17FN2O4S/c1-25-15-8-6-14(7-9-15)21-17-11-26(23,24)10-16(17)20(18(21)22)13-4-2-12(19)3-5-13/h2-9,16-17H,10-11H2,1H3/t16-,17-/m1/s1. The summed E-state index contributed by atoms with van der Waals surface area (Å²) in [5.41, 5.74) is 1.09. The molecule has 136 valence electrons. The van der Waals surface area contributed by atoms with Gasteiger partial charge in [-0.3, -0.25) is 9.80 Å². The molecule has 2 aliphatic heterocycles. The minimum atomic E-state index is -3.27. The van der Waals surface area contributed by atoms with Gasteiger partial charge in [0.2, 0.25) is 0 Å². The van der Waals surface area contributed by atoms with Gasteiger partial charge in [0.15, 0.2) is 9.84 Å². The summed E-state index contributed by atoms with van der Waals surface area (Å²) >= 11 is 0. The molecule has 0 saturated carbocycles. The summed E-state index contributed by atoms with van der Waals surface area (Å²) in [4.78, 5) is 16.1. The lowest BCUT2D eigenvalue weighted by molar-refractivity contribution is 0.255. The van der Waals surface area contributed by atoms with E-state index in [1.165, 1.54) is 34.1 Å². The van der Waals surface area contributed by atoms with E-state index in [4.69, 9.17) is 4.74 Å². The van der Waals surface area contributed by atoms with E-state index in [2.05, 4.69) is 0 Å². The van der Waals surface area contributed by atoms with Crippen molar-refractivity contribution in [3.63, 3.8) is 0 Å². The molecule has 26 heavy (non-hydrogen) atoms. The fraction of sp³-hybridized carbons (Fsp3) is 0.278. The molecule has 2 fully saturated rings. The number of hydrogen-bond acceptors (Lipinski definition) is 4. The molecule has 2 saturated heterocycles. The van der Waals surface area contributed by atoms with Crippen LogP contribution < -0.4 is 14.5 Å². The third-order valence-electron chi connectivity index (χ3n) is 4.82. The van der Waals surface area contributed by atoms with Gasteiger partial charge in [-0.1, -0.05) is 0 Å². The monoisotopic (exact) mass is 376 g/mol. The second-order valence-corrected chi connectivity index (χ2v) is 8.56. The first-order chi connectivity index (χ1) is 12.4. The molecule has 0 aromatic heterocycles. The highest BCUT2D eigenvalue weighted by Gasteiger charge is 2.54. The van der Waals surface area contributed by atoms with Crippen LogP contribution in [0.4, 0.5) is 20.6 Å². The topological polar surface area (TPSA) is 66.9 Å². The number of methoxy groups -OCH3 is 1. The largest absolute Gasteiger partial charge is 0.497 e. The zero-order valence-electron chi connectivity index (χ0n) is 14.0. The van der Waals surface area contributed by atoms with Crippen molar-refractivity contribution in [3.8, 4) is 5.75 Å². The number of urea groups is 1. The Balaban J connectivity index is 1.77. The number of carbonyl (C=O) groups is 1. The number of nitrogens with zero attached hydrogens (tertiary/aromatic N) is 2. The third-order valence-corrected chi connectivity index (χ3v) is 6.52. The molecule has 0 bridgehead atoms. The van der Waals surface area contributed by atoms with Gasteiger partial charge in [0.05, 0.1) is 30.7 Å². The maximum atomic E-state index is 13.3. The predicted molar refractivity (Wildman–Crippen MR) is 96.0 cm³/mol. The van der Waals surface area contributed by atoms with Gasteiger partial charge in [-0.05, 0) is 48.5 Å². The van der Waals surface area contributed by atoms with Gasteiger partial charge in [0.25, 0.3) is 0 Å². The molecule has 2 heterocycles. The molecule has 2 aromatic rings. The van der Waals surface area contributed by atoms with E-state index in [-0.39, 0.29) is 17.5 Å². The van der Waals surface area contributed by atoms with Crippen molar-refractivity contribution in [2.24, 2.45) is 0 Å². The van der Waals surface area contributed by atoms with Gasteiger partial charge < -0.3 is 4.74 Å². The Kier molecular flexibility index (Phi) is 3.87. The minimum absolute atomic E-state index is 0.0901. The van der Waals surface area contributed by atoms with Gasteiger partial charge in [-0.15, -0.1) is 0 Å².